The van der Waals surface area contributed by atoms with Crippen molar-refractivity contribution in [1.29, 1.82) is 0 Å². The maximum Gasteiger partial charge on any atom is 0.236 e. The van der Waals surface area contributed by atoms with Gasteiger partial charge in [0.15, 0.2) is 0 Å². The Morgan fingerprint density at radius 1 is 1.38 bits per heavy atom. The molecule has 2 amide bonds. The molecule has 114 valence electrons. The molecule has 0 atom stereocenters. The van der Waals surface area contributed by atoms with Gasteiger partial charge in [-0.25, -0.2) is 0 Å². The van der Waals surface area contributed by atoms with Gasteiger partial charge in [0, 0.05) is 44.5 Å². The van der Waals surface area contributed by atoms with Gasteiger partial charge in [-0.1, -0.05) is 6.07 Å². The van der Waals surface area contributed by atoms with Crippen LogP contribution in [0.5, 0.6) is 0 Å². The molecule has 1 aromatic rings. The number of rotatable bonds is 4. The highest BCUT2D eigenvalue weighted by Crippen LogP contribution is 2.20. The van der Waals surface area contributed by atoms with E-state index in [2.05, 4.69) is 5.32 Å². The van der Waals surface area contributed by atoms with E-state index in [-0.39, 0.29) is 11.8 Å². The van der Waals surface area contributed by atoms with Crippen molar-refractivity contribution in [1.82, 2.24) is 9.80 Å². The number of likely N-dealkylation sites (N-methyl/N-ethyl adjacent to an activating group) is 1. The number of hydrogen-bond donors (Lipinski definition) is 2. The highest BCUT2D eigenvalue weighted by Gasteiger charge is 2.21. The molecule has 1 heterocycles. The molecule has 1 aliphatic rings. The van der Waals surface area contributed by atoms with Gasteiger partial charge in [0.05, 0.1) is 6.54 Å². The number of amides is 2. The van der Waals surface area contributed by atoms with Crippen LogP contribution in [0.3, 0.4) is 0 Å². The maximum absolute atomic E-state index is 12.0. The molecule has 0 bridgehead atoms. The molecule has 1 aliphatic heterocycles. The van der Waals surface area contributed by atoms with Gasteiger partial charge in [0.1, 0.15) is 0 Å². The molecule has 0 unspecified atom stereocenters. The molecule has 2 rings (SSSR count). The van der Waals surface area contributed by atoms with Crippen LogP contribution in [-0.2, 0) is 9.59 Å². The number of benzene rings is 1. The van der Waals surface area contributed by atoms with E-state index in [1.165, 1.54) is 0 Å². The van der Waals surface area contributed by atoms with E-state index in [1.807, 2.05) is 24.0 Å². The van der Waals surface area contributed by atoms with Gasteiger partial charge in [-0.2, -0.15) is 0 Å². The molecule has 6 nitrogen and oxygen atoms in total. The zero-order valence-electron chi connectivity index (χ0n) is 12.6. The van der Waals surface area contributed by atoms with E-state index in [0.717, 1.165) is 24.3 Å². The normalized spacial score (nSPS) is 16.1. The van der Waals surface area contributed by atoms with Gasteiger partial charge < -0.3 is 16.0 Å². The van der Waals surface area contributed by atoms with Gasteiger partial charge in [-0.05, 0) is 24.6 Å². The Bertz CT molecular complexity index is 544. The number of nitrogens with two attached hydrogens (primary N) is 1. The number of hydrogen-bond acceptors (Lipinski definition) is 4. The molecular formula is C15H22N4O2. The second kappa shape index (κ2) is 6.58. The average molecular weight is 290 g/mol. The first-order valence-corrected chi connectivity index (χ1v) is 7.08. The SMILES string of the molecule is Cc1c(N)cccc1NC(=O)CCN1CCN(C)C(=O)C1. The quantitative estimate of drug-likeness (QED) is 0.799. The molecule has 1 fully saturated rings. The van der Waals surface area contributed by atoms with Crippen molar-refractivity contribution in [3.8, 4) is 0 Å². The smallest absolute Gasteiger partial charge is 0.236 e. The van der Waals surface area contributed by atoms with E-state index >= 15 is 0 Å². The Morgan fingerprint density at radius 3 is 2.86 bits per heavy atom. The summed E-state index contributed by atoms with van der Waals surface area (Å²) in [6, 6.07) is 5.46. The number of nitrogens with one attached hydrogen (secondary N) is 1. The van der Waals surface area contributed by atoms with Crippen molar-refractivity contribution >= 4 is 23.2 Å². The lowest BCUT2D eigenvalue weighted by molar-refractivity contribution is -0.134. The fraction of sp³-hybridized carbons (Fsp3) is 0.467. The van der Waals surface area contributed by atoms with Crippen LogP contribution in [0.2, 0.25) is 0 Å². The van der Waals surface area contributed by atoms with Crippen LogP contribution < -0.4 is 11.1 Å². The largest absolute Gasteiger partial charge is 0.398 e. The Hall–Kier alpha value is -2.08. The van der Waals surface area contributed by atoms with Crippen LogP contribution in [-0.4, -0.2) is 54.8 Å². The minimum atomic E-state index is -0.0601. The standard InChI is InChI=1S/C15H22N4O2/c1-11-12(16)4-3-5-13(11)17-14(20)6-7-19-9-8-18(2)15(21)10-19/h3-5H,6-10,16H2,1-2H3,(H,17,20). The summed E-state index contributed by atoms with van der Waals surface area (Å²) in [4.78, 5) is 27.3. The summed E-state index contributed by atoms with van der Waals surface area (Å²) in [6.45, 7) is 4.39. The van der Waals surface area contributed by atoms with Crippen LogP contribution in [0.25, 0.3) is 0 Å². The molecule has 0 aliphatic carbocycles. The lowest BCUT2D eigenvalue weighted by Crippen LogP contribution is -2.49. The van der Waals surface area contributed by atoms with Crippen molar-refractivity contribution < 1.29 is 9.59 Å². The van der Waals surface area contributed by atoms with E-state index in [0.29, 0.717) is 25.2 Å². The molecule has 1 saturated heterocycles. The summed E-state index contributed by atoms with van der Waals surface area (Å²) in [5, 5.41) is 2.87. The first-order valence-electron chi connectivity index (χ1n) is 7.08. The number of nitrogens with zero attached hydrogens (tertiary/aromatic N) is 2. The second-order valence-electron chi connectivity index (χ2n) is 5.41. The van der Waals surface area contributed by atoms with E-state index in [9.17, 15) is 9.59 Å². The third-order valence-corrected chi connectivity index (χ3v) is 3.84. The number of anilines is 2. The fourth-order valence-electron chi connectivity index (χ4n) is 2.26. The predicted molar refractivity (Wildman–Crippen MR) is 82.9 cm³/mol. The Labute approximate surface area is 124 Å². The summed E-state index contributed by atoms with van der Waals surface area (Å²) in [5.41, 5.74) is 8.10. The minimum Gasteiger partial charge on any atom is -0.398 e. The third kappa shape index (κ3) is 3.95. The highest BCUT2D eigenvalue weighted by molar-refractivity contribution is 5.92. The predicted octanol–water partition coefficient (Wildman–Crippen LogP) is 0.680. The maximum atomic E-state index is 12.0. The Balaban J connectivity index is 1.83. The highest BCUT2D eigenvalue weighted by atomic mass is 16.2. The monoisotopic (exact) mass is 290 g/mol. The van der Waals surface area contributed by atoms with Gasteiger partial charge >= 0.3 is 0 Å². The van der Waals surface area contributed by atoms with Gasteiger partial charge in [-0.15, -0.1) is 0 Å². The van der Waals surface area contributed by atoms with Gasteiger partial charge in [0.25, 0.3) is 0 Å². The summed E-state index contributed by atoms with van der Waals surface area (Å²) < 4.78 is 0. The Morgan fingerprint density at radius 2 is 2.14 bits per heavy atom. The van der Waals surface area contributed by atoms with Gasteiger partial charge in [-0.3, -0.25) is 14.5 Å². The van der Waals surface area contributed by atoms with E-state index < -0.39 is 0 Å². The second-order valence-corrected chi connectivity index (χ2v) is 5.41. The molecule has 1 aromatic carbocycles. The van der Waals surface area contributed by atoms with E-state index in [1.54, 1.807) is 18.0 Å². The fourth-order valence-corrected chi connectivity index (χ4v) is 2.26. The van der Waals surface area contributed by atoms with Crippen LogP contribution in [0.4, 0.5) is 11.4 Å². The minimum absolute atomic E-state index is 0.0601. The number of nitrogen functional groups attached to an aromatic ring is 1. The van der Waals surface area contributed by atoms with Crippen molar-refractivity contribution in [3.05, 3.63) is 23.8 Å². The zero-order valence-corrected chi connectivity index (χ0v) is 12.6. The van der Waals surface area contributed by atoms with Crippen LogP contribution in [0, 0.1) is 6.92 Å². The first-order chi connectivity index (χ1) is 9.97. The molecule has 6 heteroatoms. The summed E-state index contributed by atoms with van der Waals surface area (Å²) in [5.74, 6) is 0.0448. The van der Waals surface area contributed by atoms with Crippen LogP contribution in [0.15, 0.2) is 18.2 Å². The summed E-state index contributed by atoms with van der Waals surface area (Å²) >= 11 is 0. The van der Waals surface area contributed by atoms with Crippen LogP contribution >= 0.6 is 0 Å². The lowest BCUT2D eigenvalue weighted by atomic mass is 10.1. The average Bonchev–Trinajstić information content (AvgIpc) is 2.45. The Kier molecular flexibility index (Phi) is 4.80. The third-order valence-electron chi connectivity index (χ3n) is 3.84. The van der Waals surface area contributed by atoms with Crippen molar-refractivity contribution in [3.63, 3.8) is 0 Å². The summed E-state index contributed by atoms with van der Waals surface area (Å²) in [7, 11) is 1.80. The van der Waals surface area contributed by atoms with Crippen molar-refractivity contribution in [2.45, 2.75) is 13.3 Å². The number of carbonyl (C=O) groups excluding carboxylic acids is 2. The number of carbonyl (C=O) groups is 2. The lowest BCUT2D eigenvalue weighted by Gasteiger charge is -2.31. The number of piperazine rings is 1. The molecular weight excluding hydrogens is 268 g/mol. The molecule has 21 heavy (non-hydrogen) atoms. The molecule has 0 spiro atoms. The van der Waals surface area contributed by atoms with Crippen molar-refractivity contribution in [2.24, 2.45) is 0 Å². The van der Waals surface area contributed by atoms with Crippen LogP contribution in [0.1, 0.15) is 12.0 Å². The molecule has 0 aromatic heterocycles. The van der Waals surface area contributed by atoms with Crippen molar-refractivity contribution in [2.75, 3.05) is 44.3 Å². The molecule has 3 N–H and O–H groups in total. The topological polar surface area (TPSA) is 78.7 Å². The summed E-state index contributed by atoms with van der Waals surface area (Å²) in [6.07, 6.45) is 0.366. The molecule has 0 saturated carbocycles. The molecule has 0 radical (unpaired) electrons. The van der Waals surface area contributed by atoms with E-state index in [4.69, 9.17) is 5.73 Å². The first kappa shape index (κ1) is 15.3. The zero-order chi connectivity index (χ0) is 15.4. The van der Waals surface area contributed by atoms with Gasteiger partial charge in [0.2, 0.25) is 11.8 Å².